The van der Waals surface area contributed by atoms with Crippen LogP contribution in [-0.2, 0) is 18.4 Å². The SMILES string of the molecule is CCCNCc1oc2c(C)cc(C(C)(C)C)cc2c1CC. The first kappa shape index (κ1) is 16.1. The van der Waals surface area contributed by atoms with Crippen LogP contribution < -0.4 is 5.32 Å². The van der Waals surface area contributed by atoms with Crippen molar-refractivity contribution in [2.75, 3.05) is 6.54 Å². The summed E-state index contributed by atoms with van der Waals surface area (Å²) in [6.45, 7) is 15.2. The molecule has 0 aliphatic rings. The van der Waals surface area contributed by atoms with Gasteiger partial charge in [0.15, 0.2) is 0 Å². The van der Waals surface area contributed by atoms with E-state index in [1.54, 1.807) is 0 Å². The van der Waals surface area contributed by atoms with E-state index < -0.39 is 0 Å². The molecule has 1 aromatic heterocycles. The summed E-state index contributed by atoms with van der Waals surface area (Å²) in [4.78, 5) is 0. The van der Waals surface area contributed by atoms with Crippen molar-refractivity contribution in [3.63, 3.8) is 0 Å². The van der Waals surface area contributed by atoms with E-state index >= 15 is 0 Å². The molecular formula is C19H29NO. The maximum atomic E-state index is 6.17. The van der Waals surface area contributed by atoms with Gasteiger partial charge in [0.2, 0.25) is 0 Å². The van der Waals surface area contributed by atoms with E-state index in [9.17, 15) is 0 Å². The van der Waals surface area contributed by atoms with Crippen LogP contribution in [0.25, 0.3) is 11.0 Å². The lowest BCUT2D eigenvalue weighted by atomic mass is 9.85. The molecule has 0 saturated carbocycles. The van der Waals surface area contributed by atoms with Crippen molar-refractivity contribution < 1.29 is 4.42 Å². The number of aryl methyl sites for hydroxylation is 2. The van der Waals surface area contributed by atoms with E-state index in [2.05, 4.69) is 59.0 Å². The summed E-state index contributed by atoms with van der Waals surface area (Å²) in [6.07, 6.45) is 2.16. The van der Waals surface area contributed by atoms with E-state index in [0.717, 1.165) is 37.3 Å². The standard InChI is InChI=1S/C19H29NO/c1-7-9-20-12-17-15(8-2)16-11-14(19(4,5)6)10-13(3)18(16)21-17/h10-11,20H,7-9,12H2,1-6H3. The molecule has 0 unspecified atom stereocenters. The summed E-state index contributed by atoms with van der Waals surface area (Å²) in [5, 5.41) is 4.76. The molecule has 1 heterocycles. The van der Waals surface area contributed by atoms with E-state index in [0.29, 0.717) is 0 Å². The van der Waals surface area contributed by atoms with Gasteiger partial charge in [0.25, 0.3) is 0 Å². The molecule has 0 aliphatic heterocycles. The molecule has 0 saturated heterocycles. The fourth-order valence-corrected chi connectivity index (χ4v) is 2.81. The lowest BCUT2D eigenvalue weighted by molar-refractivity contribution is 0.506. The molecular weight excluding hydrogens is 258 g/mol. The zero-order valence-electron chi connectivity index (χ0n) is 14.4. The summed E-state index contributed by atoms with van der Waals surface area (Å²) < 4.78 is 6.17. The summed E-state index contributed by atoms with van der Waals surface area (Å²) in [7, 11) is 0. The molecule has 1 N–H and O–H groups in total. The average molecular weight is 287 g/mol. The Hall–Kier alpha value is -1.28. The normalized spacial score (nSPS) is 12.3. The van der Waals surface area contributed by atoms with Gasteiger partial charge in [-0.1, -0.05) is 40.7 Å². The zero-order valence-corrected chi connectivity index (χ0v) is 14.4. The van der Waals surface area contributed by atoms with Gasteiger partial charge in [-0.25, -0.2) is 0 Å². The number of nitrogens with one attached hydrogen (secondary N) is 1. The first-order chi connectivity index (χ1) is 9.88. The lowest BCUT2D eigenvalue weighted by Crippen LogP contribution is -2.14. The third-order valence-corrected chi connectivity index (χ3v) is 4.09. The Morgan fingerprint density at radius 2 is 1.86 bits per heavy atom. The molecule has 0 aliphatic carbocycles. The summed E-state index contributed by atoms with van der Waals surface area (Å²) in [6, 6.07) is 4.60. The summed E-state index contributed by atoms with van der Waals surface area (Å²) in [5.74, 6) is 1.11. The minimum absolute atomic E-state index is 0.169. The van der Waals surface area contributed by atoms with Crippen LogP contribution in [0.5, 0.6) is 0 Å². The monoisotopic (exact) mass is 287 g/mol. The third kappa shape index (κ3) is 3.32. The minimum atomic E-state index is 0.169. The fraction of sp³-hybridized carbons (Fsp3) is 0.579. The number of hydrogen-bond acceptors (Lipinski definition) is 2. The highest BCUT2D eigenvalue weighted by Gasteiger charge is 2.19. The van der Waals surface area contributed by atoms with Gasteiger partial charge < -0.3 is 9.73 Å². The Balaban J connectivity index is 2.52. The maximum Gasteiger partial charge on any atom is 0.137 e. The van der Waals surface area contributed by atoms with Gasteiger partial charge in [-0.2, -0.15) is 0 Å². The number of rotatable bonds is 5. The second-order valence-corrected chi connectivity index (χ2v) is 6.95. The van der Waals surface area contributed by atoms with Crippen molar-refractivity contribution in [1.29, 1.82) is 0 Å². The number of fused-ring (bicyclic) bond motifs is 1. The maximum absolute atomic E-state index is 6.17. The van der Waals surface area contributed by atoms with Crippen molar-refractivity contribution in [3.05, 3.63) is 34.6 Å². The van der Waals surface area contributed by atoms with Gasteiger partial charge in [0.05, 0.1) is 6.54 Å². The van der Waals surface area contributed by atoms with Gasteiger partial charge in [0.1, 0.15) is 11.3 Å². The number of hydrogen-bond donors (Lipinski definition) is 1. The van der Waals surface area contributed by atoms with E-state index in [4.69, 9.17) is 4.42 Å². The van der Waals surface area contributed by atoms with Crippen molar-refractivity contribution in [3.8, 4) is 0 Å². The van der Waals surface area contributed by atoms with Crippen LogP contribution in [0.2, 0.25) is 0 Å². The molecule has 2 heteroatoms. The van der Waals surface area contributed by atoms with E-state index in [1.807, 2.05) is 0 Å². The summed E-state index contributed by atoms with van der Waals surface area (Å²) in [5.41, 5.74) is 5.22. The molecule has 2 aromatic rings. The van der Waals surface area contributed by atoms with Crippen molar-refractivity contribution in [1.82, 2.24) is 5.32 Å². The predicted molar refractivity (Wildman–Crippen MR) is 91.0 cm³/mol. The Bertz CT molecular complexity index is 617. The molecule has 0 fully saturated rings. The Kier molecular flexibility index (Phi) is 4.77. The van der Waals surface area contributed by atoms with Crippen molar-refractivity contribution in [2.45, 2.75) is 66.3 Å². The van der Waals surface area contributed by atoms with Crippen LogP contribution >= 0.6 is 0 Å². The van der Waals surface area contributed by atoms with Crippen LogP contribution in [0.15, 0.2) is 16.5 Å². The predicted octanol–water partition coefficient (Wildman–Crippen LogP) is 5.10. The van der Waals surface area contributed by atoms with Gasteiger partial charge in [-0.05, 0) is 48.9 Å². The van der Waals surface area contributed by atoms with Gasteiger partial charge in [-0.3, -0.25) is 0 Å². The average Bonchev–Trinajstić information content (AvgIpc) is 2.76. The van der Waals surface area contributed by atoms with Crippen molar-refractivity contribution >= 4 is 11.0 Å². The highest BCUT2D eigenvalue weighted by Crippen LogP contribution is 2.34. The molecule has 2 nitrogen and oxygen atoms in total. The lowest BCUT2D eigenvalue weighted by Gasteiger charge is -2.19. The third-order valence-electron chi connectivity index (χ3n) is 4.09. The van der Waals surface area contributed by atoms with Crippen LogP contribution in [0, 0.1) is 6.92 Å². The molecule has 0 spiro atoms. The van der Waals surface area contributed by atoms with Gasteiger partial charge in [0, 0.05) is 10.9 Å². The molecule has 0 atom stereocenters. The molecule has 0 radical (unpaired) electrons. The summed E-state index contributed by atoms with van der Waals surface area (Å²) >= 11 is 0. The topological polar surface area (TPSA) is 25.2 Å². The van der Waals surface area contributed by atoms with E-state index in [-0.39, 0.29) is 5.41 Å². The second-order valence-electron chi connectivity index (χ2n) is 6.95. The molecule has 2 rings (SSSR count). The minimum Gasteiger partial charge on any atom is -0.459 e. The second kappa shape index (κ2) is 6.23. The van der Waals surface area contributed by atoms with Crippen molar-refractivity contribution in [2.24, 2.45) is 0 Å². The smallest absolute Gasteiger partial charge is 0.137 e. The Morgan fingerprint density at radius 3 is 2.43 bits per heavy atom. The zero-order chi connectivity index (χ0) is 15.6. The van der Waals surface area contributed by atoms with E-state index in [1.165, 1.54) is 22.1 Å². The highest BCUT2D eigenvalue weighted by molar-refractivity contribution is 5.86. The molecule has 0 amide bonds. The van der Waals surface area contributed by atoms with Crippen LogP contribution in [-0.4, -0.2) is 6.54 Å². The quantitative estimate of drug-likeness (QED) is 0.774. The van der Waals surface area contributed by atoms with Crippen LogP contribution in [0.4, 0.5) is 0 Å². The first-order valence-electron chi connectivity index (χ1n) is 8.14. The van der Waals surface area contributed by atoms with Gasteiger partial charge >= 0.3 is 0 Å². The fourth-order valence-electron chi connectivity index (χ4n) is 2.81. The number of furan rings is 1. The largest absolute Gasteiger partial charge is 0.459 e. The molecule has 116 valence electrons. The molecule has 1 aromatic carbocycles. The highest BCUT2D eigenvalue weighted by atomic mass is 16.3. The Morgan fingerprint density at radius 1 is 1.14 bits per heavy atom. The van der Waals surface area contributed by atoms with Crippen LogP contribution in [0.1, 0.15) is 63.5 Å². The number of benzene rings is 1. The molecule has 21 heavy (non-hydrogen) atoms. The van der Waals surface area contributed by atoms with Crippen LogP contribution in [0.3, 0.4) is 0 Å². The molecule has 0 bridgehead atoms. The first-order valence-corrected chi connectivity index (χ1v) is 8.14. The van der Waals surface area contributed by atoms with Gasteiger partial charge in [-0.15, -0.1) is 0 Å². The Labute approximate surface area is 128 Å².